The van der Waals surface area contributed by atoms with E-state index in [0.29, 0.717) is 24.7 Å². The molecular formula is C20H19N3O2. The molecule has 5 nitrogen and oxygen atoms in total. The van der Waals surface area contributed by atoms with Crippen molar-refractivity contribution in [3.8, 4) is 11.4 Å². The van der Waals surface area contributed by atoms with Crippen LogP contribution in [0.3, 0.4) is 0 Å². The minimum atomic E-state index is -0.0690. The molecule has 0 unspecified atom stereocenters. The van der Waals surface area contributed by atoms with Crippen LogP contribution >= 0.6 is 0 Å². The highest BCUT2D eigenvalue weighted by atomic mass is 16.5. The van der Waals surface area contributed by atoms with Gasteiger partial charge in [-0.3, -0.25) is 4.79 Å². The third-order valence-electron chi connectivity index (χ3n) is 4.57. The first kappa shape index (κ1) is 15.6. The van der Waals surface area contributed by atoms with E-state index >= 15 is 0 Å². The van der Waals surface area contributed by atoms with Crippen LogP contribution in [-0.4, -0.2) is 22.6 Å². The highest BCUT2D eigenvalue weighted by Gasteiger charge is 2.35. The van der Waals surface area contributed by atoms with E-state index in [0.717, 1.165) is 11.3 Å². The highest BCUT2D eigenvalue weighted by molar-refractivity contribution is 5.96. The summed E-state index contributed by atoms with van der Waals surface area (Å²) in [6.07, 6.45) is 0.392. The van der Waals surface area contributed by atoms with Crippen molar-refractivity contribution >= 4 is 11.6 Å². The molecule has 1 saturated heterocycles. The zero-order valence-electron chi connectivity index (χ0n) is 14.3. The van der Waals surface area contributed by atoms with Crippen LogP contribution in [0.1, 0.15) is 29.4 Å². The summed E-state index contributed by atoms with van der Waals surface area (Å²) in [5.41, 5.74) is 4.19. The molecule has 0 radical (unpaired) electrons. The summed E-state index contributed by atoms with van der Waals surface area (Å²) in [4.78, 5) is 18.7. The summed E-state index contributed by atoms with van der Waals surface area (Å²) >= 11 is 0. The molecule has 1 atom stereocenters. The van der Waals surface area contributed by atoms with Crippen molar-refractivity contribution in [2.75, 3.05) is 11.4 Å². The van der Waals surface area contributed by atoms with Crippen molar-refractivity contribution in [1.29, 1.82) is 0 Å². The van der Waals surface area contributed by atoms with Crippen LogP contribution in [0.25, 0.3) is 11.4 Å². The van der Waals surface area contributed by atoms with Gasteiger partial charge in [0.1, 0.15) is 0 Å². The predicted octanol–water partition coefficient (Wildman–Crippen LogP) is 3.87. The summed E-state index contributed by atoms with van der Waals surface area (Å²) in [6.45, 7) is 4.64. The van der Waals surface area contributed by atoms with Crippen LogP contribution in [0.5, 0.6) is 0 Å². The van der Waals surface area contributed by atoms with Gasteiger partial charge in [-0.2, -0.15) is 4.98 Å². The molecule has 1 aliphatic heterocycles. The van der Waals surface area contributed by atoms with Gasteiger partial charge in [-0.05, 0) is 26.0 Å². The number of amides is 1. The molecule has 0 saturated carbocycles. The molecule has 0 aliphatic carbocycles. The number of benzene rings is 2. The maximum Gasteiger partial charge on any atom is 0.232 e. The Kier molecular flexibility index (Phi) is 3.84. The molecule has 2 heterocycles. The summed E-state index contributed by atoms with van der Waals surface area (Å²) in [5.74, 6) is 1.11. The molecule has 1 amide bonds. The van der Waals surface area contributed by atoms with E-state index in [2.05, 4.69) is 10.1 Å². The number of anilines is 1. The summed E-state index contributed by atoms with van der Waals surface area (Å²) < 4.78 is 5.44. The van der Waals surface area contributed by atoms with Gasteiger partial charge in [-0.25, -0.2) is 0 Å². The molecule has 5 heteroatoms. The van der Waals surface area contributed by atoms with E-state index in [4.69, 9.17) is 4.52 Å². The van der Waals surface area contributed by atoms with Crippen molar-refractivity contribution in [3.05, 3.63) is 65.5 Å². The second-order valence-electron chi connectivity index (χ2n) is 6.56. The molecular weight excluding hydrogens is 314 g/mol. The number of aromatic nitrogens is 2. The van der Waals surface area contributed by atoms with Crippen LogP contribution < -0.4 is 4.90 Å². The Hall–Kier alpha value is -2.95. The molecule has 126 valence electrons. The number of aryl methyl sites for hydroxylation is 2. The van der Waals surface area contributed by atoms with Gasteiger partial charge in [-0.15, -0.1) is 0 Å². The lowest BCUT2D eigenvalue weighted by Gasteiger charge is -2.16. The summed E-state index contributed by atoms with van der Waals surface area (Å²) in [5, 5.41) is 4.08. The topological polar surface area (TPSA) is 59.2 Å². The van der Waals surface area contributed by atoms with Crippen molar-refractivity contribution < 1.29 is 9.32 Å². The third kappa shape index (κ3) is 3.05. The van der Waals surface area contributed by atoms with Crippen LogP contribution in [-0.2, 0) is 4.79 Å². The van der Waals surface area contributed by atoms with E-state index in [1.165, 1.54) is 11.1 Å². The first-order valence-electron chi connectivity index (χ1n) is 8.38. The second kappa shape index (κ2) is 6.16. The van der Waals surface area contributed by atoms with Gasteiger partial charge in [-0.1, -0.05) is 52.7 Å². The van der Waals surface area contributed by atoms with Crippen molar-refractivity contribution in [3.63, 3.8) is 0 Å². The number of carbonyl (C=O) groups excluding carboxylic acids is 1. The molecule has 0 N–H and O–H groups in total. The first-order valence-corrected chi connectivity index (χ1v) is 8.38. The second-order valence-corrected chi connectivity index (χ2v) is 6.56. The van der Waals surface area contributed by atoms with Crippen molar-refractivity contribution in [2.24, 2.45) is 0 Å². The fourth-order valence-corrected chi connectivity index (χ4v) is 3.07. The van der Waals surface area contributed by atoms with Crippen LogP contribution in [0.4, 0.5) is 5.69 Å². The highest BCUT2D eigenvalue weighted by Crippen LogP contribution is 2.32. The lowest BCUT2D eigenvalue weighted by molar-refractivity contribution is -0.117. The Labute approximate surface area is 146 Å². The number of carbonyl (C=O) groups is 1. The lowest BCUT2D eigenvalue weighted by atomic mass is 10.1. The largest absolute Gasteiger partial charge is 0.339 e. The average molecular weight is 333 g/mol. The summed E-state index contributed by atoms with van der Waals surface area (Å²) in [6, 6.07) is 16.0. The van der Waals surface area contributed by atoms with Gasteiger partial charge in [0.15, 0.2) is 0 Å². The Balaban J connectivity index is 1.54. The van der Waals surface area contributed by atoms with Gasteiger partial charge >= 0.3 is 0 Å². The minimum absolute atomic E-state index is 0.0690. The fourth-order valence-electron chi connectivity index (χ4n) is 3.07. The Morgan fingerprint density at radius 1 is 1.00 bits per heavy atom. The van der Waals surface area contributed by atoms with E-state index < -0.39 is 0 Å². The predicted molar refractivity (Wildman–Crippen MR) is 95.4 cm³/mol. The molecule has 2 aromatic carbocycles. The average Bonchev–Trinajstić information content (AvgIpc) is 3.23. The Bertz CT molecular complexity index is 897. The van der Waals surface area contributed by atoms with E-state index in [-0.39, 0.29) is 11.8 Å². The van der Waals surface area contributed by atoms with Gasteiger partial charge in [0.2, 0.25) is 17.6 Å². The monoisotopic (exact) mass is 333 g/mol. The fraction of sp³-hybridized carbons (Fsp3) is 0.250. The lowest BCUT2D eigenvalue weighted by Crippen LogP contribution is -2.24. The normalized spacial score (nSPS) is 17.3. The van der Waals surface area contributed by atoms with Crippen LogP contribution in [0.2, 0.25) is 0 Å². The number of rotatable bonds is 3. The third-order valence-corrected chi connectivity index (χ3v) is 4.57. The zero-order chi connectivity index (χ0) is 17.4. The standard InChI is InChI=1S/C20H19N3O2/c1-13-3-7-15(8-4-13)19-21-20(25-22-19)16-11-18(24)23(12-16)17-9-5-14(2)6-10-17/h3-10,16H,11-12H2,1-2H3/t16-/m0/s1. The van der Waals surface area contributed by atoms with E-state index in [9.17, 15) is 4.79 Å². The van der Waals surface area contributed by atoms with Crippen LogP contribution in [0.15, 0.2) is 53.1 Å². The zero-order valence-corrected chi connectivity index (χ0v) is 14.3. The molecule has 1 aliphatic rings. The van der Waals surface area contributed by atoms with E-state index in [1.807, 2.05) is 62.4 Å². The van der Waals surface area contributed by atoms with Gasteiger partial charge in [0.05, 0.1) is 5.92 Å². The quantitative estimate of drug-likeness (QED) is 0.730. The van der Waals surface area contributed by atoms with Gasteiger partial charge < -0.3 is 9.42 Å². The van der Waals surface area contributed by atoms with Crippen molar-refractivity contribution in [2.45, 2.75) is 26.2 Å². The molecule has 0 bridgehead atoms. The Morgan fingerprint density at radius 3 is 2.32 bits per heavy atom. The molecule has 0 spiro atoms. The maximum atomic E-state index is 12.4. The number of hydrogen-bond donors (Lipinski definition) is 0. The molecule has 1 aromatic heterocycles. The molecule has 25 heavy (non-hydrogen) atoms. The molecule has 1 fully saturated rings. The van der Waals surface area contributed by atoms with E-state index in [1.54, 1.807) is 4.90 Å². The smallest absolute Gasteiger partial charge is 0.232 e. The molecule has 4 rings (SSSR count). The summed E-state index contributed by atoms with van der Waals surface area (Å²) in [7, 11) is 0. The molecule has 3 aromatic rings. The van der Waals surface area contributed by atoms with Gasteiger partial charge in [0, 0.05) is 24.2 Å². The SMILES string of the molecule is Cc1ccc(-c2noc([C@H]3CC(=O)N(c4ccc(C)cc4)C3)n2)cc1. The number of hydrogen-bond acceptors (Lipinski definition) is 4. The maximum absolute atomic E-state index is 12.4. The Morgan fingerprint density at radius 2 is 1.64 bits per heavy atom. The van der Waals surface area contributed by atoms with Crippen molar-refractivity contribution in [1.82, 2.24) is 10.1 Å². The van der Waals surface area contributed by atoms with Crippen LogP contribution in [0, 0.1) is 13.8 Å². The minimum Gasteiger partial charge on any atom is -0.339 e. The van der Waals surface area contributed by atoms with Gasteiger partial charge in [0.25, 0.3) is 0 Å². The first-order chi connectivity index (χ1) is 12.1. The number of nitrogens with zero attached hydrogens (tertiary/aromatic N) is 3.